The van der Waals surface area contributed by atoms with Crippen molar-refractivity contribution in [3.63, 3.8) is 0 Å². The van der Waals surface area contributed by atoms with E-state index in [9.17, 15) is 4.79 Å². The Kier molecular flexibility index (Phi) is 4.45. The van der Waals surface area contributed by atoms with Crippen molar-refractivity contribution in [1.82, 2.24) is 29.5 Å². The summed E-state index contributed by atoms with van der Waals surface area (Å²) in [6.45, 7) is 9.09. The van der Waals surface area contributed by atoms with E-state index in [0.717, 1.165) is 37.0 Å². The third kappa shape index (κ3) is 2.96. The van der Waals surface area contributed by atoms with Crippen molar-refractivity contribution in [3.8, 4) is 0 Å². The number of hydrogen-bond acceptors (Lipinski definition) is 4. The molecular weight excluding hydrogens is 304 g/mol. The van der Waals surface area contributed by atoms with Gasteiger partial charge in [-0.15, -0.1) is 10.2 Å². The van der Waals surface area contributed by atoms with E-state index in [2.05, 4.69) is 45.4 Å². The van der Waals surface area contributed by atoms with Gasteiger partial charge in [-0.3, -0.25) is 9.69 Å². The van der Waals surface area contributed by atoms with Gasteiger partial charge in [0, 0.05) is 45.3 Å². The lowest BCUT2D eigenvalue weighted by Crippen LogP contribution is -2.37. The second kappa shape index (κ2) is 6.39. The van der Waals surface area contributed by atoms with Crippen molar-refractivity contribution in [1.29, 1.82) is 0 Å². The molecule has 1 aliphatic rings. The predicted molar refractivity (Wildman–Crippen MR) is 91.7 cm³/mol. The Balaban J connectivity index is 1.74. The molecule has 3 heterocycles. The Labute approximate surface area is 142 Å². The Bertz CT molecular complexity index is 729. The number of nitrogens with zero attached hydrogens (tertiary/aromatic N) is 5. The zero-order chi connectivity index (χ0) is 17.4. The molecule has 7 heteroatoms. The molecule has 0 bridgehead atoms. The van der Waals surface area contributed by atoms with Crippen LogP contribution in [0.25, 0.3) is 0 Å². The molecule has 24 heavy (non-hydrogen) atoms. The van der Waals surface area contributed by atoms with Gasteiger partial charge in [0.05, 0.1) is 6.04 Å². The van der Waals surface area contributed by atoms with Crippen LogP contribution in [0.1, 0.15) is 60.6 Å². The van der Waals surface area contributed by atoms with E-state index in [1.807, 2.05) is 12.1 Å². The first-order chi connectivity index (χ1) is 11.4. The fourth-order valence-electron chi connectivity index (χ4n) is 3.21. The van der Waals surface area contributed by atoms with Crippen LogP contribution in [0.5, 0.6) is 0 Å². The Hall–Kier alpha value is -2.15. The zero-order valence-electron chi connectivity index (χ0n) is 15.1. The molecule has 0 aliphatic carbocycles. The monoisotopic (exact) mass is 330 g/mol. The van der Waals surface area contributed by atoms with Crippen molar-refractivity contribution < 1.29 is 4.79 Å². The normalized spacial score (nSPS) is 18.0. The highest BCUT2D eigenvalue weighted by atomic mass is 16.2. The molecule has 0 aromatic carbocycles. The summed E-state index contributed by atoms with van der Waals surface area (Å²) in [7, 11) is 3.52. The van der Waals surface area contributed by atoms with E-state index in [1.165, 1.54) is 0 Å². The van der Waals surface area contributed by atoms with Gasteiger partial charge in [-0.1, -0.05) is 13.8 Å². The average molecular weight is 330 g/mol. The van der Waals surface area contributed by atoms with Gasteiger partial charge in [0.2, 0.25) is 0 Å². The van der Waals surface area contributed by atoms with Crippen molar-refractivity contribution in [3.05, 3.63) is 35.2 Å². The maximum atomic E-state index is 12.0. The number of H-pyrrole nitrogens is 1. The van der Waals surface area contributed by atoms with Gasteiger partial charge in [0.25, 0.3) is 5.91 Å². The first kappa shape index (κ1) is 16.7. The number of rotatable bonds is 4. The van der Waals surface area contributed by atoms with Crippen LogP contribution in [0.2, 0.25) is 0 Å². The highest BCUT2D eigenvalue weighted by Gasteiger charge is 2.29. The van der Waals surface area contributed by atoms with E-state index < -0.39 is 0 Å². The van der Waals surface area contributed by atoms with E-state index in [4.69, 9.17) is 0 Å². The minimum Gasteiger partial charge on any atom is -0.353 e. The summed E-state index contributed by atoms with van der Waals surface area (Å²) in [6, 6.07) is 4.05. The molecule has 1 N–H and O–H groups in total. The smallest absolute Gasteiger partial charge is 0.269 e. The molecule has 0 radical (unpaired) electrons. The third-order valence-corrected chi connectivity index (χ3v) is 4.61. The zero-order valence-corrected chi connectivity index (χ0v) is 15.1. The minimum atomic E-state index is -0.00531. The number of hydrogen-bond donors (Lipinski definition) is 1. The Morgan fingerprint density at radius 3 is 2.75 bits per heavy atom. The SMILES string of the molecule is CC(C)c1nnc2n1CCN(Cc1ccc(C(=O)N(C)C)[nH]1)C2C. The minimum absolute atomic E-state index is 0.00531. The van der Waals surface area contributed by atoms with Crippen LogP contribution < -0.4 is 0 Å². The maximum Gasteiger partial charge on any atom is 0.269 e. The second-order valence-corrected chi connectivity index (χ2v) is 6.97. The maximum absolute atomic E-state index is 12.0. The molecule has 0 saturated carbocycles. The van der Waals surface area contributed by atoms with E-state index in [0.29, 0.717) is 11.6 Å². The van der Waals surface area contributed by atoms with Crippen LogP contribution >= 0.6 is 0 Å². The highest BCUT2D eigenvalue weighted by molar-refractivity contribution is 5.92. The number of carbonyl (C=O) groups excluding carboxylic acids is 1. The number of carbonyl (C=O) groups is 1. The number of fused-ring (bicyclic) bond motifs is 1. The Morgan fingerprint density at radius 2 is 2.08 bits per heavy atom. The first-order valence-electron chi connectivity index (χ1n) is 8.45. The molecule has 1 unspecified atom stereocenters. The summed E-state index contributed by atoms with van der Waals surface area (Å²) >= 11 is 0. The van der Waals surface area contributed by atoms with E-state index in [-0.39, 0.29) is 11.9 Å². The molecule has 0 saturated heterocycles. The second-order valence-electron chi connectivity index (χ2n) is 6.97. The van der Waals surface area contributed by atoms with Gasteiger partial charge in [-0.2, -0.15) is 0 Å². The van der Waals surface area contributed by atoms with Gasteiger partial charge >= 0.3 is 0 Å². The molecular formula is C17H26N6O. The van der Waals surface area contributed by atoms with Crippen LogP contribution in [0.15, 0.2) is 12.1 Å². The summed E-state index contributed by atoms with van der Waals surface area (Å²) in [5.74, 6) is 2.47. The Morgan fingerprint density at radius 1 is 1.33 bits per heavy atom. The lowest BCUT2D eigenvalue weighted by atomic mass is 10.1. The fraction of sp³-hybridized carbons (Fsp3) is 0.588. The molecule has 2 aromatic rings. The van der Waals surface area contributed by atoms with Gasteiger partial charge in [0.15, 0.2) is 0 Å². The van der Waals surface area contributed by atoms with E-state index >= 15 is 0 Å². The van der Waals surface area contributed by atoms with Crippen molar-refractivity contribution in [2.45, 2.75) is 45.8 Å². The number of aromatic nitrogens is 4. The molecule has 2 aromatic heterocycles. The van der Waals surface area contributed by atoms with Crippen molar-refractivity contribution in [2.24, 2.45) is 0 Å². The summed E-state index contributed by atoms with van der Waals surface area (Å²) in [5.41, 5.74) is 1.68. The first-order valence-corrected chi connectivity index (χ1v) is 8.45. The van der Waals surface area contributed by atoms with Crippen LogP contribution in [0.4, 0.5) is 0 Å². The number of amides is 1. The molecule has 1 amide bonds. The summed E-state index contributed by atoms with van der Waals surface area (Å²) in [6.07, 6.45) is 0. The van der Waals surface area contributed by atoms with Gasteiger partial charge in [-0.25, -0.2) is 0 Å². The highest BCUT2D eigenvalue weighted by Crippen LogP contribution is 2.27. The third-order valence-electron chi connectivity index (χ3n) is 4.61. The molecule has 7 nitrogen and oxygen atoms in total. The molecule has 1 aliphatic heterocycles. The summed E-state index contributed by atoms with van der Waals surface area (Å²) < 4.78 is 2.25. The summed E-state index contributed by atoms with van der Waals surface area (Å²) in [4.78, 5) is 19.2. The molecule has 130 valence electrons. The average Bonchev–Trinajstić information content (AvgIpc) is 3.16. The molecule has 0 fully saturated rings. The number of nitrogens with one attached hydrogen (secondary N) is 1. The van der Waals surface area contributed by atoms with Crippen LogP contribution in [0.3, 0.4) is 0 Å². The fourth-order valence-corrected chi connectivity index (χ4v) is 3.21. The van der Waals surface area contributed by atoms with Crippen molar-refractivity contribution >= 4 is 5.91 Å². The van der Waals surface area contributed by atoms with Crippen molar-refractivity contribution in [2.75, 3.05) is 20.6 Å². The van der Waals surface area contributed by atoms with E-state index in [1.54, 1.807) is 19.0 Å². The largest absolute Gasteiger partial charge is 0.353 e. The van der Waals surface area contributed by atoms with Crippen LogP contribution in [0, 0.1) is 0 Å². The van der Waals surface area contributed by atoms with Crippen LogP contribution in [-0.2, 0) is 13.1 Å². The quantitative estimate of drug-likeness (QED) is 0.931. The number of aromatic amines is 1. The summed E-state index contributed by atoms with van der Waals surface area (Å²) in [5, 5.41) is 8.77. The topological polar surface area (TPSA) is 70.1 Å². The molecule has 3 rings (SSSR count). The lowest BCUT2D eigenvalue weighted by molar-refractivity contribution is 0.0822. The lowest BCUT2D eigenvalue weighted by Gasteiger charge is -2.33. The van der Waals surface area contributed by atoms with Gasteiger partial charge < -0.3 is 14.5 Å². The standard InChI is InChI=1S/C17H26N6O/c1-11(2)15-19-20-16-12(3)22(8-9-23(15)16)10-13-6-7-14(18-13)17(24)21(4)5/h6-7,11-12,18H,8-10H2,1-5H3. The predicted octanol–water partition coefficient (Wildman–Crippen LogP) is 2.01. The molecule has 0 spiro atoms. The van der Waals surface area contributed by atoms with Crippen LogP contribution in [-0.4, -0.2) is 56.1 Å². The van der Waals surface area contributed by atoms with Gasteiger partial charge in [0.1, 0.15) is 17.3 Å². The molecule has 1 atom stereocenters. The van der Waals surface area contributed by atoms with Gasteiger partial charge in [-0.05, 0) is 19.1 Å².